The van der Waals surface area contributed by atoms with Crippen LogP contribution in [0.2, 0.25) is 0 Å². The number of nitrogens with zero attached hydrogens (tertiary/aromatic N) is 1. The zero-order valence-electron chi connectivity index (χ0n) is 8.25. The molecule has 0 spiro atoms. The summed E-state index contributed by atoms with van der Waals surface area (Å²) >= 11 is 0. The van der Waals surface area contributed by atoms with Crippen LogP contribution >= 0.6 is 0 Å². The predicted molar refractivity (Wildman–Crippen MR) is 56.2 cm³/mol. The fourth-order valence-corrected chi connectivity index (χ4v) is 1.70. The molecule has 1 saturated heterocycles. The van der Waals surface area contributed by atoms with Crippen molar-refractivity contribution in [2.24, 2.45) is 0 Å². The van der Waals surface area contributed by atoms with Gasteiger partial charge in [0.05, 0.1) is 0 Å². The van der Waals surface area contributed by atoms with Crippen molar-refractivity contribution in [1.29, 1.82) is 0 Å². The number of aryl methyl sites for hydroxylation is 1. The maximum absolute atomic E-state index is 3.27. The molecule has 0 amide bonds. The van der Waals surface area contributed by atoms with E-state index in [1.165, 1.54) is 11.3 Å². The first-order chi connectivity index (χ1) is 6.29. The van der Waals surface area contributed by atoms with E-state index in [2.05, 4.69) is 41.4 Å². The molecule has 2 nitrogen and oxygen atoms in total. The SMILES string of the molecule is CNC1CN(c2cccc(C)c2)C1. The summed E-state index contributed by atoms with van der Waals surface area (Å²) in [4.78, 5) is 2.40. The molecule has 0 bridgehead atoms. The Morgan fingerprint density at radius 3 is 2.77 bits per heavy atom. The molecule has 1 aromatic rings. The number of likely N-dealkylation sites (N-methyl/N-ethyl adjacent to an activating group) is 1. The van der Waals surface area contributed by atoms with Gasteiger partial charge in [0.25, 0.3) is 0 Å². The second kappa shape index (κ2) is 3.38. The van der Waals surface area contributed by atoms with Gasteiger partial charge in [0.1, 0.15) is 0 Å². The molecule has 0 unspecified atom stereocenters. The number of anilines is 1. The summed E-state index contributed by atoms with van der Waals surface area (Å²) in [6.07, 6.45) is 0. The molecule has 1 heterocycles. The maximum Gasteiger partial charge on any atom is 0.0418 e. The predicted octanol–water partition coefficient (Wildman–Crippen LogP) is 1.40. The number of hydrogen-bond acceptors (Lipinski definition) is 2. The highest BCUT2D eigenvalue weighted by molar-refractivity contribution is 5.51. The van der Waals surface area contributed by atoms with Crippen molar-refractivity contribution in [3.63, 3.8) is 0 Å². The van der Waals surface area contributed by atoms with Crippen molar-refractivity contribution in [3.8, 4) is 0 Å². The zero-order valence-corrected chi connectivity index (χ0v) is 8.25. The lowest BCUT2D eigenvalue weighted by Crippen LogP contribution is -2.57. The van der Waals surface area contributed by atoms with E-state index in [1.807, 2.05) is 7.05 Å². The third kappa shape index (κ3) is 1.68. The van der Waals surface area contributed by atoms with Gasteiger partial charge in [0.2, 0.25) is 0 Å². The van der Waals surface area contributed by atoms with E-state index in [4.69, 9.17) is 0 Å². The lowest BCUT2D eigenvalue weighted by atomic mass is 10.1. The maximum atomic E-state index is 3.27. The van der Waals surface area contributed by atoms with Crippen LogP contribution in [0.5, 0.6) is 0 Å². The molecule has 0 saturated carbocycles. The summed E-state index contributed by atoms with van der Waals surface area (Å²) in [5.74, 6) is 0. The highest BCUT2D eigenvalue weighted by Crippen LogP contribution is 2.21. The minimum Gasteiger partial charge on any atom is -0.368 e. The average Bonchev–Trinajstić information content (AvgIpc) is 2.02. The number of rotatable bonds is 2. The van der Waals surface area contributed by atoms with E-state index in [0.717, 1.165) is 13.1 Å². The van der Waals surface area contributed by atoms with Crippen LogP contribution in [-0.4, -0.2) is 26.2 Å². The van der Waals surface area contributed by atoms with Crippen LogP contribution in [0.15, 0.2) is 24.3 Å². The van der Waals surface area contributed by atoms with E-state index in [-0.39, 0.29) is 0 Å². The van der Waals surface area contributed by atoms with Gasteiger partial charge >= 0.3 is 0 Å². The van der Waals surface area contributed by atoms with Crippen LogP contribution in [-0.2, 0) is 0 Å². The normalized spacial score (nSPS) is 17.2. The summed E-state index contributed by atoms with van der Waals surface area (Å²) < 4.78 is 0. The fourth-order valence-electron chi connectivity index (χ4n) is 1.70. The largest absolute Gasteiger partial charge is 0.368 e. The molecule has 0 aliphatic carbocycles. The second-order valence-electron chi connectivity index (χ2n) is 3.73. The summed E-state index contributed by atoms with van der Waals surface area (Å²) in [7, 11) is 2.03. The number of hydrogen-bond donors (Lipinski definition) is 1. The lowest BCUT2D eigenvalue weighted by molar-refractivity contribution is 0.450. The van der Waals surface area contributed by atoms with Crippen molar-refractivity contribution in [3.05, 3.63) is 29.8 Å². The molecule has 0 radical (unpaired) electrons. The molecule has 1 aromatic carbocycles. The van der Waals surface area contributed by atoms with Gasteiger partial charge < -0.3 is 10.2 Å². The lowest BCUT2D eigenvalue weighted by Gasteiger charge is -2.41. The van der Waals surface area contributed by atoms with E-state index in [1.54, 1.807) is 0 Å². The van der Waals surface area contributed by atoms with Crippen molar-refractivity contribution < 1.29 is 0 Å². The first-order valence-electron chi connectivity index (χ1n) is 4.78. The molecule has 1 fully saturated rings. The smallest absolute Gasteiger partial charge is 0.0418 e. The standard InChI is InChI=1S/C11H16N2/c1-9-4-3-5-11(6-9)13-7-10(8-13)12-2/h3-6,10,12H,7-8H2,1-2H3. The molecule has 1 aliphatic rings. The van der Waals surface area contributed by atoms with Gasteiger partial charge in [0.15, 0.2) is 0 Å². The monoisotopic (exact) mass is 176 g/mol. The summed E-state index contributed by atoms with van der Waals surface area (Å²) in [6.45, 7) is 4.42. The van der Waals surface area contributed by atoms with Gasteiger partial charge in [0, 0.05) is 24.8 Å². The molecule has 2 rings (SSSR count). The van der Waals surface area contributed by atoms with Gasteiger partial charge in [-0.25, -0.2) is 0 Å². The first-order valence-corrected chi connectivity index (χ1v) is 4.78. The molecular formula is C11H16N2. The van der Waals surface area contributed by atoms with Gasteiger partial charge in [-0.05, 0) is 31.7 Å². The van der Waals surface area contributed by atoms with E-state index >= 15 is 0 Å². The van der Waals surface area contributed by atoms with E-state index in [9.17, 15) is 0 Å². The quantitative estimate of drug-likeness (QED) is 0.733. The van der Waals surface area contributed by atoms with E-state index in [0.29, 0.717) is 6.04 Å². The highest BCUT2D eigenvalue weighted by atomic mass is 15.2. The molecule has 13 heavy (non-hydrogen) atoms. The van der Waals surface area contributed by atoms with Crippen molar-refractivity contribution in [2.75, 3.05) is 25.0 Å². The number of nitrogens with one attached hydrogen (secondary N) is 1. The molecule has 1 N–H and O–H groups in total. The third-order valence-corrected chi connectivity index (χ3v) is 2.66. The fraction of sp³-hybridized carbons (Fsp3) is 0.455. The molecule has 70 valence electrons. The Bertz CT molecular complexity index is 290. The van der Waals surface area contributed by atoms with Crippen LogP contribution in [0.4, 0.5) is 5.69 Å². The van der Waals surface area contributed by atoms with E-state index < -0.39 is 0 Å². The Balaban J connectivity index is 2.03. The van der Waals surface area contributed by atoms with Crippen LogP contribution in [0.1, 0.15) is 5.56 Å². The minimum absolute atomic E-state index is 0.681. The Morgan fingerprint density at radius 2 is 2.15 bits per heavy atom. The minimum atomic E-state index is 0.681. The van der Waals surface area contributed by atoms with Gasteiger partial charge in [-0.15, -0.1) is 0 Å². The highest BCUT2D eigenvalue weighted by Gasteiger charge is 2.24. The molecule has 1 aliphatic heterocycles. The summed E-state index contributed by atoms with van der Waals surface area (Å²) in [5, 5.41) is 3.27. The van der Waals surface area contributed by atoms with Crippen LogP contribution < -0.4 is 10.2 Å². The van der Waals surface area contributed by atoms with Gasteiger partial charge in [-0.2, -0.15) is 0 Å². The Hall–Kier alpha value is -1.02. The molecule has 2 heteroatoms. The second-order valence-corrected chi connectivity index (χ2v) is 3.73. The molecular weight excluding hydrogens is 160 g/mol. The van der Waals surface area contributed by atoms with Gasteiger partial charge in [-0.3, -0.25) is 0 Å². The average molecular weight is 176 g/mol. The van der Waals surface area contributed by atoms with Crippen molar-refractivity contribution >= 4 is 5.69 Å². The van der Waals surface area contributed by atoms with Crippen LogP contribution in [0.25, 0.3) is 0 Å². The van der Waals surface area contributed by atoms with Crippen molar-refractivity contribution in [2.45, 2.75) is 13.0 Å². The molecule has 0 aromatic heterocycles. The first kappa shape index (κ1) is 8.57. The van der Waals surface area contributed by atoms with Crippen LogP contribution in [0.3, 0.4) is 0 Å². The molecule has 0 atom stereocenters. The Labute approximate surface area is 79.6 Å². The summed E-state index contributed by atoms with van der Waals surface area (Å²) in [5.41, 5.74) is 2.69. The topological polar surface area (TPSA) is 15.3 Å². The summed E-state index contributed by atoms with van der Waals surface area (Å²) in [6, 6.07) is 9.36. The Morgan fingerprint density at radius 1 is 1.38 bits per heavy atom. The van der Waals surface area contributed by atoms with Crippen molar-refractivity contribution in [1.82, 2.24) is 5.32 Å². The third-order valence-electron chi connectivity index (χ3n) is 2.66. The number of benzene rings is 1. The Kier molecular flexibility index (Phi) is 2.23. The van der Waals surface area contributed by atoms with Crippen LogP contribution in [0, 0.1) is 6.92 Å². The zero-order chi connectivity index (χ0) is 9.26. The van der Waals surface area contributed by atoms with Gasteiger partial charge in [-0.1, -0.05) is 12.1 Å².